The molecule has 0 aromatic heterocycles. The maximum absolute atomic E-state index is 12.3. The third-order valence-electron chi connectivity index (χ3n) is 4.46. The monoisotopic (exact) mass is 389 g/mol. The zero-order valence-electron chi connectivity index (χ0n) is 14.9. The second-order valence-corrected chi connectivity index (χ2v) is 6.64. The van der Waals surface area contributed by atoms with E-state index < -0.39 is 24.3 Å². The number of rotatable bonds is 9. The summed E-state index contributed by atoms with van der Waals surface area (Å²) < 4.78 is 46.6. The summed E-state index contributed by atoms with van der Waals surface area (Å²) >= 11 is 0. The number of nitrogens with one attached hydrogen (secondary N) is 1. The van der Waals surface area contributed by atoms with E-state index in [2.05, 4.69) is 5.32 Å². The van der Waals surface area contributed by atoms with Crippen molar-refractivity contribution in [3.63, 3.8) is 0 Å². The molecule has 0 heterocycles. The van der Waals surface area contributed by atoms with E-state index in [1.807, 2.05) is 0 Å². The number of carboxylic acid groups (broad SMARTS) is 1. The Balaban J connectivity index is 1.91. The Morgan fingerprint density at radius 2 is 1.96 bits per heavy atom. The Morgan fingerprint density at radius 3 is 2.48 bits per heavy atom. The summed E-state index contributed by atoms with van der Waals surface area (Å²) in [6.45, 7) is -1.42. The molecule has 1 aromatic carbocycles. The second kappa shape index (κ2) is 8.49. The standard InChI is InChI=1S/C18H22F3NO5/c1-26-14-9-12(3-5-13(14)27-11-18(19,20)21)4-6-15(23)22-17(7-2-8-17)10-16(24)25/h3,5,9H,2,4,6-8,10-11H2,1H3,(H,22,23)(H,24,25). The fourth-order valence-corrected chi connectivity index (χ4v) is 3.00. The minimum atomic E-state index is -4.45. The minimum absolute atomic E-state index is 0.0297. The fraction of sp³-hybridized carbons (Fsp3) is 0.556. The lowest BCUT2D eigenvalue weighted by Gasteiger charge is -2.41. The van der Waals surface area contributed by atoms with Crippen molar-refractivity contribution in [1.29, 1.82) is 0 Å². The molecule has 0 atom stereocenters. The number of benzene rings is 1. The van der Waals surface area contributed by atoms with Crippen LogP contribution in [0.2, 0.25) is 0 Å². The summed E-state index contributed by atoms with van der Waals surface area (Å²) in [6.07, 6.45) is -1.91. The van der Waals surface area contributed by atoms with Gasteiger partial charge in [0.1, 0.15) is 0 Å². The highest BCUT2D eigenvalue weighted by molar-refractivity contribution is 5.78. The van der Waals surface area contributed by atoms with Gasteiger partial charge in [0.15, 0.2) is 18.1 Å². The fourth-order valence-electron chi connectivity index (χ4n) is 3.00. The predicted molar refractivity (Wildman–Crippen MR) is 89.8 cm³/mol. The third kappa shape index (κ3) is 6.33. The zero-order valence-corrected chi connectivity index (χ0v) is 14.9. The highest BCUT2D eigenvalue weighted by Crippen LogP contribution is 2.35. The van der Waals surface area contributed by atoms with Gasteiger partial charge < -0.3 is 19.9 Å². The Bertz CT molecular complexity index is 686. The maximum atomic E-state index is 12.3. The number of aliphatic carboxylic acids is 1. The molecule has 1 saturated carbocycles. The number of carbonyl (C=O) groups excluding carboxylic acids is 1. The van der Waals surface area contributed by atoms with Crippen LogP contribution in [0, 0.1) is 0 Å². The molecule has 1 aliphatic rings. The first-order chi connectivity index (χ1) is 12.6. The predicted octanol–water partition coefficient (Wildman–Crippen LogP) is 3.08. The maximum Gasteiger partial charge on any atom is 0.422 e. The van der Waals surface area contributed by atoms with Crippen LogP contribution >= 0.6 is 0 Å². The Labute approximate surface area is 154 Å². The summed E-state index contributed by atoms with van der Waals surface area (Å²) in [5.74, 6) is -1.09. The summed E-state index contributed by atoms with van der Waals surface area (Å²) in [6, 6.07) is 4.46. The van der Waals surface area contributed by atoms with Gasteiger partial charge in [-0.1, -0.05) is 6.07 Å². The summed E-state index contributed by atoms with van der Waals surface area (Å²) in [4.78, 5) is 23.1. The molecule has 9 heteroatoms. The van der Waals surface area contributed by atoms with Crippen molar-refractivity contribution >= 4 is 11.9 Å². The number of hydrogen-bond acceptors (Lipinski definition) is 4. The first-order valence-corrected chi connectivity index (χ1v) is 8.52. The summed E-state index contributed by atoms with van der Waals surface area (Å²) in [7, 11) is 1.32. The quantitative estimate of drug-likeness (QED) is 0.678. The van der Waals surface area contributed by atoms with Crippen molar-refractivity contribution in [3.8, 4) is 11.5 Å². The van der Waals surface area contributed by atoms with Gasteiger partial charge in [0.25, 0.3) is 0 Å². The number of alkyl halides is 3. The lowest BCUT2D eigenvalue weighted by molar-refractivity contribution is -0.153. The lowest BCUT2D eigenvalue weighted by atomic mass is 9.74. The smallest absolute Gasteiger partial charge is 0.422 e. The van der Waals surface area contributed by atoms with E-state index in [0.29, 0.717) is 24.8 Å². The van der Waals surface area contributed by atoms with Gasteiger partial charge in [0.2, 0.25) is 5.91 Å². The molecule has 0 saturated heterocycles. The van der Waals surface area contributed by atoms with Crippen molar-refractivity contribution in [2.45, 2.75) is 50.2 Å². The van der Waals surface area contributed by atoms with E-state index in [1.165, 1.54) is 19.2 Å². The Kier molecular flexibility index (Phi) is 6.56. The van der Waals surface area contributed by atoms with Gasteiger partial charge in [-0.05, 0) is 43.4 Å². The normalized spacial score (nSPS) is 15.6. The first kappa shape index (κ1) is 20.9. The summed E-state index contributed by atoms with van der Waals surface area (Å²) in [5, 5.41) is 11.8. The molecule has 6 nitrogen and oxygen atoms in total. The number of amides is 1. The molecule has 0 spiro atoms. The van der Waals surface area contributed by atoms with Crippen LogP contribution in [-0.2, 0) is 16.0 Å². The molecule has 1 aliphatic carbocycles. The molecule has 0 bridgehead atoms. The van der Waals surface area contributed by atoms with Gasteiger partial charge in [-0.3, -0.25) is 9.59 Å². The average Bonchev–Trinajstić information content (AvgIpc) is 2.55. The minimum Gasteiger partial charge on any atom is -0.493 e. The highest BCUT2D eigenvalue weighted by atomic mass is 19.4. The van der Waals surface area contributed by atoms with E-state index in [9.17, 15) is 22.8 Å². The highest BCUT2D eigenvalue weighted by Gasteiger charge is 2.40. The lowest BCUT2D eigenvalue weighted by Crippen LogP contribution is -2.54. The molecule has 2 rings (SSSR count). The molecule has 27 heavy (non-hydrogen) atoms. The van der Waals surface area contributed by atoms with Crippen LogP contribution in [0.1, 0.15) is 37.7 Å². The second-order valence-electron chi connectivity index (χ2n) is 6.64. The number of carboxylic acids is 1. The Hall–Kier alpha value is -2.45. The van der Waals surface area contributed by atoms with Gasteiger partial charge in [-0.15, -0.1) is 0 Å². The van der Waals surface area contributed by atoms with Crippen LogP contribution in [0.3, 0.4) is 0 Å². The number of methoxy groups -OCH3 is 1. The molecule has 0 radical (unpaired) electrons. The summed E-state index contributed by atoms with van der Waals surface area (Å²) in [5.41, 5.74) is 0.0397. The number of ether oxygens (including phenoxy) is 2. The van der Waals surface area contributed by atoms with Crippen LogP contribution < -0.4 is 14.8 Å². The molecular formula is C18H22F3NO5. The Morgan fingerprint density at radius 1 is 1.26 bits per heavy atom. The largest absolute Gasteiger partial charge is 0.493 e. The zero-order chi connectivity index (χ0) is 20.1. The van der Waals surface area contributed by atoms with Gasteiger partial charge in [0.05, 0.1) is 19.1 Å². The SMILES string of the molecule is COc1cc(CCC(=O)NC2(CC(=O)O)CCC2)ccc1OCC(F)(F)F. The number of carbonyl (C=O) groups is 2. The van der Waals surface area contributed by atoms with E-state index in [0.717, 1.165) is 6.42 Å². The van der Waals surface area contributed by atoms with Gasteiger partial charge >= 0.3 is 12.1 Å². The van der Waals surface area contributed by atoms with E-state index in [4.69, 9.17) is 14.6 Å². The molecule has 0 unspecified atom stereocenters. The molecule has 1 amide bonds. The van der Waals surface area contributed by atoms with Crippen LogP contribution in [0.4, 0.5) is 13.2 Å². The van der Waals surface area contributed by atoms with Crippen LogP contribution in [-0.4, -0.2) is 42.4 Å². The molecule has 1 fully saturated rings. The van der Waals surface area contributed by atoms with Crippen molar-refractivity contribution in [1.82, 2.24) is 5.32 Å². The molecule has 2 N–H and O–H groups in total. The van der Waals surface area contributed by atoms with Gasteiger partial charge in [-0.25, -0.2) is 0 Å². The third-order valence-corrected chi connectivity index (χ3v) is 4.46. The van der Waals surface area contributed by atoms with Gasteiger partial charge in [0, 0.05) is 6.42 Å². The van der Waals surface area contributed by atoms with Crippen LogP contribution in [0.15, 0.2) is 18.2 Å². The van der Waals surface area contributed by atoms with E-state index in [1.54, 1.807) is 6.07 Å². The number of halogens is 3. The van der Waals surface area contributed by atoms with Crippen molar-refractivity contribution in [3.05, 3.63) is 23.8 Å². The van der Waals surface area contributed by atoms with E-state index >= 15 is 0 Å². The number of aryl methyl sites for hydroxylation is 1. The van der Waals surface area contributed by atoms with Gasteiger partial charge in [-0.2, -0.15) is 13.2 Å². The first-order valence-electron chi connectivity index (χ1n) is 8.52. The number of hydrogen-bond donors (Lipinski definition) is 2. The van der Waals surface area contributed by atoms with Crippen LogP contribution in [0.5, 0.6) is 11.5 Å². The molecular weight excluding hydrogens is 367 g/mol. The average molecular weight is 389 g/mol. The van der Waals surface area contributed by atoms with Crippen molar-refractivity contribution < 1.29 is 37.3 Å². The molecule has 0 aliphatic heterocycles. The van der Waals surface area contributed by atoms with Crippen LogP contribution in [0.25, 0.3) is 0 Å². The molecule has 150 valence electrons. The molecule has 1 aromatic rings. The topological polar surface area (TPSA) is 84.9 Å². The van der Waals surface area contributed by atoms with E-state index in [-0.39, 0.29) is 30.2 Å². The van der Waals surface area contributed by atoms with Crippen molar-refractivity contribution in [2.24, 2.45) is 0 Å². The van der Waals surface area contributed by atoms with Crippen molar-refractivity contribution in [2.75, 3.05) is 13.7 Å².